The molecule has 0 spiro atoms. The van der Waals surface area contributed by atoms with E-state index < -0.39 is 0 Å². The average molecular weight is 343 g/mol. The van der Waals surface area contributed by atoms with E-state index in [2.05, 4.69) is 70.7 Å². The second kappa shape index (κ2) is 8.45. The van der Waals surface area contributed by atoms with Crippen LogP contribution in [0.5, 0.6) is 0 Å². The summed E-state index contributed by atoms with van der Waals surface area (Å²) in [6, 6.07) is 0. The first-order valence-electron chi connectivity index (χ1n) is 7.45. The van der Waals surface area contributed by atoms with Crippen LogP contribution in [-0.2, 0) is 0 Å². The predicted octanol–water partition coefficient (Wildman–Crippen LogP) is 4.18. The summed E-state index contributed by atoms with van der Waals surface area (Å²) in [7, 11) is 0. The number of nitrogens with zero attached hydrogens (tertiary/aromatic N) is 3. The van der Waals surface area contributed by atoms with Gasteiger partial charge in [0.1, 0.15) is 22.4 Å². The van der Waals surface area contributed by atoms with E-state index in [1.165, 1.54) is 0 Å². The maximum Gasteiger partial charge on any atom is 0.148 e. The van der Waals surface area contributed by atoms with Crippen molar-refractivity contribution in [2.45, 2.75) is 41.0 Å². The van der Waals surface area contributed by atoms with Gasteiger partial charge in [0.15, 0.2) is 0 Å². The summed E-state index contributed by atoms with van der Waals surface area (Å²) in [5.41, 5.74) is 0. The molecule has 1 N–H and O–H groups in total. The summed E-state index contributed by atoms with van der Waals surface area (Å²) in [6.45, 7) is 14.0. The number of hydrogen-bond acceptors (Lipinski definition) is 4. The maximum absolute atomic E-state index is 4.48. The van der Waals surface area contributed by atoms with Gasteiger partial charge in [-0.05, 0) is 34.2 Å². The topological polar surface area (TPSA) is 41.1 Å². The lowest BCUT2D eigenvalue weighted by Crippen LogP contribution is -2.32. The molecule has 0 fully saturated rings. The van der Waals surface area contributed by atoms with Crippen LogP contribution in [0.15, 0.2) is 10.8 Å². The van der Waals surface area contributed by atoms with Gasteiger partial charge in [-0.2, -0.15) is 0 Å². The minimum absolute atomic E-state index is 0.600. The van der Waals surface area contributed by atoms with E-state index in [9.17, 15) is 0 Å². The molecule has 0 saturated heterocycles. The number of nitrogens with one attached hydrogen (secondary N) is 1. The Kier molecular flexibility index (Phi) is 7.27. The van der Waals surface area contributed by atoms with Crippen LogP contribution < -0.4 is 10.2 Å². The van der Waals surface area contributed by atoms with Crippen LogP contribution in [0.2, 0.25) is 0 Å². The Hall–Kier alpha value is -0.840. The number of hydrogen-bond donors (Lipinski definition) is 1. The van der Waals surface area contributed by atoms with Gasteiger partial charge in [0, 0.05) is 19.6 Å². The first kappa shape index (κ1) is 17.2. The van der Waals surface area contributed by atoms with Gasteiger partial charge in [-0.1, -0.05) is 34.6 Å². The molecule has 0 unspecified atom stereocenters. The quantitative estimate of drug-likeness (QED) is 0.769. The highest BCUT2D eigenvalue weighted by Gasteiger charge is 2.17. The zero-order valence-electron chi connectivity index (χ0n) is 13.3. The van der Waals surface area contributed by atoms with Crippen molar-refractivity contribution >= 4 is 27.6 Å². The number of aromatic nitrogens is 2. The number of halogens is 1. The molecule has 1 heterocycles. The molecule has 1 rings (SSSR count). The van der Waals surface area contributed by atoms with E-state index in [0.29, 0.717) is 11.8 Å². The van der Waals surface area contributed by atoms with Crippen molar-refractivity contribution in [1.29, 1.82) is 0 Å². The van der Waals surface area contributed by atoms with Gasteiger partial charge in [-0.3, -0.25) is 0 Å². The first-order valence-corrected chi connectivity index (χ1v) is 8.24. The smallest absolute Gasteiger partial charge is 0.148 e. The Balaban J connectivity index is 2.99. The minimum Gasteiger partial charge on any atom is -0.369 e. The molecule has 4 nitrogen and oxygen atoms in total. The zero-order chi connectivity index (χ0) is 15.1. The minimum atomic E-state index is 0.600. The Morgan fingerprint density at radius 2 is 1.75 bits per heavy atom. The van der Waals surface area contributed by atoms with Crippen molar-refractivity contribution in [2.24, 2.45) is 11.8 Å². The Bertz CT molecular complexity index is 397. The molecule has 0 aliphatic carbocycles. The van der Waals surface area contributed by atoms with Crippen LogP contribution in [0.4, 0.5) is 11.6 Å². The molecule has 0 bridgehead atoms. The average Bonchev–Trinajstić information content (AvgIpc) is 2.35. The fourth-order valence-corrected chi connectivity index (χ4v) is 2.67. The fraction of sp³-hybridized carbons (Fsp3) is 0.733. The molecule has 5 heteroatoms. The van der Waals surface area contributed by atoms with E-state index in [1.807, 2.05) is 0 Å². The lowest BCUT2D eigenvalue weighted by Gasteiger charge is -2.28. The highest BCUT2D eigenvalue weighted by molar-refractivity contribution is 9.10. The van der Waals surface area contributed by atoms with Crippen molar-refractivity contribution in [3.05, 3.63) is 10.8 Å². The standard InChI is InChI=1S/C15H27BrN4/c1-6-7-17-14-13(16)15(19-10-18-14)20(8-11(2)3)9-12(4)5/h10-12H,6-9H2,1-5H3,(H,17,18,19). The lowest BCUT2D eigenvalue weighted by molar-refractivity contribution is 0.548. The third-order valence-corrected chi connectivity index (χ3v) is 3.51. The monoisotopic (exact) mass is 342 g/mol. The molecule has 1 aromatic rings. The van der Waals surface area contributed by atoms with E-state index in [-0.39, 0.29) is 0 Å². The molecule has 0 aliphatic rings. The Labute approximate surface area is 131 Å². The normalized spacial score (nSPS) is 11.2. The predicted molar refractivity (Wildman–Crippen MR) is 90.4 cm³/mol. The Morgan fingerprint density at radius 3 is 2.25 bits per heavy atom. The van der Waals surface area contributed by atoms with Crippen molar-refractivity contribution in [3.8, 4) is 0 Å². The van der Waals surface area contributed by atoms with Gasteiger partial charge in [0.2, 0.25) is 0 Å². The van der Waals surface area contributed by atoms with Gasteiger partial charge in [0.25, 0.3) is 0 Å². The molecule has 0 aromatic carbocycles. The largest absolute Gasteiger partial charge is 0.369 e. The van der Waals surface area contributed by atoms with Crippen molar-refractivity contribution in [3.63, 3.8) is 0 Å². The molecule has 0 atom stereocenters. The second-order valence-corrected chi connectivity index (χ2v) is 6.77. The third kappa shape index (κ3) is 5.27. The molecule has 20 heavy (non-hydrogen) atoms. The molecule has 0 aliphatic heterocycles. The van der Waals surface area contributed by atoms with Crippen molar-refractivity contribution < 1.29 is 0 Å². The first-order chi connectivity index (χ1) is 9.45. The number of anilines is 2. The summed E-state index contributed by atoms with van der Waals surface area (Å²) in [5.74, 6) is 3.07. The SMILES string of the molecule is CCCNc1ncnc(N(CC(C)C)CC(C)C)c1Br. The lowest BCUT2D eigenvalue weighted by atomic mass is 10.1. The van der Waals surface area contributed by atoms with Crippen LogP contribution in [0.25, 0.3) is 0 Å². The summed E-state index contributed by atoms with van der Waals surface area (Å²) in [4.78, 5) is 11.1. The van der Waals surface area contributed by atoms with Crippen LogP contribution >= 0.6 is 15.9 Å². The van der Waals surface area contributed by atoms with E-state index in [0.717, 1.165) is 42.2 Å². The molecule has 0 amide bonds. The van der Waals surface area contributed by atoms with Crippen LogP contribution in [0, 0.1) is 11.8 Å². The molecule has 1 aromatic heterocycles. The fourth-order valence-electron chi connectivity index (χ4n) is 2.08. The van der Waals surface area contributed by atoms with Crippen molar-refractivity contribution in [2.75, 3.05) is 29.9 Å². The van der Waals surface area contributed by atoms with Gasteiger partial charge in [-0.25, -0.2) is 9.97 Å². The molecular weight excluding hydrogens is 316 g/mol. The number of rotatable bonds is 8. The van der Waals surface area contributed by atoms with Gasteiger partial charge < -0.3 is 10.2 Å². The summed E-state index contributed by atoms with van der Waals surface area (Å²) in [5, 5.41) is 3.34. The summed E-state index contributed by atoms with van der Waals surface area (Å²) < 4.78 is 0.967. The maximum atomic E-state index is 4.48. The molecular formula is C15H27BrN4. The highest BCUT2D eigenvalue weighted by atomic mass is 79.9. The summed E-state index contributed by atoms with van der Waals surface area (Å²) in [6.07, 6.45) is 2.72. The van der Waals surface area contributed by atoms with Crippen LogP contribution in [-0.4, -0.2) is 29.6 Å². The van der Waals surface area contributed by atoms with Gasteiger partial charge >= 0.3 is 0 Å². The van der Waals surface area contributed by atoms with Crippen molar-refractivity contribution in [1.82, 2.24) is 9.97 Å². The Morgan fingerprint density at radius 1 is 1.15 bits per heavy atom. The van der Waals surface area contributed by atoms with Crippen LogP contribution in [0.1, 0.15) is 41.0 Å². The van der Waals surface area contributed by atoms with Gasteiger partial charge in [0.05, 0.1) is 0 Å². The van der Waals surface area contributed by atoms with E-state index >= 15 is 0 Å². The van der Waals surface area contributed by atoms with Gasteiger partial charge in [-0.15, -0.1) is 0 Å². The van der Waals surface area contributed by atoms with E-state index in [4.69, 9.17) is 0 Å². The highest BCUT2D eigenvalue weighted by Crippen LogP contribution is 2.30. The summed E-state index contributed by atoms with van der Waals surface area (Å²) >= 11 is 3.66. The zero-order valence-corrected chi connectivity index (χ0v) is 14.9. The van der Waals surface area contributed by atoms with Crippen LogP contribution in [0.3, 0.4) is 0 Å². The molecule has 0 radical (unpaired) electrons. The molecule has 0 saturated carbocycles. The van der Waals surface area contributed by atoms with E-state index in [1.54, 1.807) is 6.33 Å². The third-order valence-electron chi connectivity index (χ3n) is 2.78. The molecule has 114 valence electrons. The second-order valence-electron chi connectivity index (χ2n) is 5.98.